The second kappa shape index (κ2) is 7.05. The van der Waals surface area contributed by atoms with Gasteiger partial charge in [0, 0.05) is 16.5 Å². The van der Waals surface area contributed by atoms with Crippen LogP contribution in [-0.2, 0) is 0 Å². The third kappa shape index (κ3) is 2.22. The van der Waals surface area contributed by atoms with Crippen LogP contribution in [0.5, 0.6) is 0 Å². The summed E-state index contributed by atoms with van der Waals surface area (Å²) in [6, 6.07) is 44.4. The zero-order chi connectivity index (χ0) is 28.4. The van der Waals surface area contributed by atoms with Crippen molar-refractivity contribution < 1.29 is 4.79 Å². The van der Waals surface area contributed by atoms with Crippen LogP contribution in [0.2, 0.25) is 0 Å². The molecule has 0 atom stereocenters. The van der Waals surface area contributed by atoms with Crippen LogP contribution < -0.4 is 0 Å². The Morgan fingerprint density at radius 2 is 0.500 bits per heavy atom. The first kappa shape index (κ1) is 21.8. The van der Waals surface area contributed by atoms with Gasteiger partial charge in [0.15, 0.2) is 5.78 Å². The molecule has 1 nitrogen and oxygen atoms in total. The van der Waals surface area contributed by atoms with Gasteiger partial charge in [0.25, 0.3) is 0 Å². The fourth-order valence-electron chi connectivity index (χ4n) is 9.16. The number of ketones is 1. The lowest BCUT2D eigenvalue weighted by molar-refractivity contribution is 0.104. The van der Waals surface area contributed by atoms with Crippen LogP contribution >= 0.6 is 0 Å². The van der Waals surface area contributed by atoms with Crippen molar-refractivity contribution in [3.05, 3.63) is 132 Å². The first-order valence-electron chi connectivity index (χ1n) is 15.3. The van der Waals surface area contributed by atoms with Gasteiger partial charge >= 0.3 is 0 Å². The number of hydrogen-bond donors (Lipinski definition) is 0. The van der Waals surface area contributed by atoms with Crippen molar-refractivity contribution in [3.63, 3.8) is 0 Å². The van der Waals surface area contributed by atoms with Crippen LogP contribution in [-0.4, -0.2) is 5.78 Å². The van der Waals surface area contributed by atoms with Gasteiger partial charge in [0.05, 0.1) is 0 Å². The molecule has 0 radical (unpaired) electrons. The number of benzene rings is 10. The lowest BCUT2D eigenvalue weighted by atomic mass is 9.78. The van der Waals surface area contributed by atoms with Gasteiger partial charge in [-0.3, -0.25) is 4.79 Å². The molecule has 2 aliphatic carbocycles. The first-order chi connectivity index (χ1) is 21.8. The summed E-state index contributed by atoms with van der Waals surface area (Å²) in [6.07, 6.45) is 0. The Hall–Kier alpha value is -5.79. The maximum atomic E-state index is 13.7. The normalized spacial score (nSPS) is 13.5. The minimum atomic E-state index is 0.121. The van der Waals surface area contributed by atoms with Gasteiger partial charge in [-0.25, -0.2) is 0 Å². The lowest BCUT2D eigenvalue weighted by Crippen LogP contribution is -2.10. The van der Waals surface area contributed by atoms with Gasteiger partial charge in [0.2, 0.25) is 0 Å². The van der Waals surface area contributed by atoms with E-state index in [0.717, 1.165) is 27.6 Å². The predicted molar refractivity (Wildman–Crippen MR) is 185 cm³/mol. The highest BCUT2D eigenvalue weighted by molar-refractivity contribution is 6.45. The number of rotatable bonds is 0. The summed E-state index contributed by atoms with van der Waals surface area (Å²) in [5.41, 5.74) is 9.15. The third-order valence-electron chi connectivity index (χ3n) is 10.9. The van der Waals surface area contributed by atoms with Gasteiger partial charge in [-0.2, -0.15) is 0 Å². The van der Waals surface area contributed by atoms with Crippen molar-refractivity contribution in [1.82, 2.24) is 0 Å². The summed E-state index contributed by atoms with van der Waals surface area (Å²) >= 11 is 0. The molecular weight excluding hydrogens is 532 g/mol. The largest absolute Gasteiger partial charge is 0.289 e. The molecule has 0 saturated heterocycles. The number of carbonyl (C=O) groups is 1. The van der Waals surface area contributed by atoms with Gasteiger partial charge in [-0.15, -0.1) is 0 Å². The number of fused-ring (bicyclic) bond motifs is 9. The van der Waals surface area contributed by atoms with Crippen molar-refractivity contribution >= 4 is 81.2 Å². The van der Waals surface area contributed by atoms with E-state index in [0.29, 0.717) is 0 Å². The molecule has 0 bridgehead atoms. The molecule has 0 unspecified atom stereocenters. The molecule has 0 aromatic heterocycles. The van der Waals surface area contributed by atoms with Crippen LogP contribution in [0, 0.1) is 0 Å². The molecule has 0 N–H and O–H groups in total. The average molecular weight is 553 g/mol. The van der Waals surface area contributed by atoms with Crippen LogP contribution in [0.25, 0.3) is 109 Å². The third-order valence-corrected chi connectivity index (χ3v) is 10.9. The topological polar surface area (TPSA) is 17.1 Å². The Morgan fingerprint density at radius 3 is 0.909 bits per heavy atom. The molecule has 2 aliphatic rings. The van der Waals surface area contributed by atoms with Crippen molar-refractivity contribution in [2.24, 2.45) is 0 Å². The minimum absolute atomic E-state index is 0.121. The van der Waals surface area contributed by atoms with E-state index < -0.39 is 0 Å². The second-order valence-corrected chi connectivity index (χ2v) is 12.6. The molecule has 44 heavy (non-hydrogen) atoms. The molecule has 12 rings (SSSR count). The summed E-state index contributed by atoms with van der Waals surface area (Å²) in [5.74, 6) is 0.121. The summed E-state index contributed by atoms with van der Waals surface area (Å²) < 4.78 is 0. The quantitative estimate of drug-likeness (QED) is 0.135. The molecule has 0 amide bonds. The SMILES string of the molecule is O=C1c2ccccc2-c2ccc3c4ccc5c6ccc7c8c(ccc(c9ccc(c%10ccc1c2c%103)c4c95)c86)-c1ccccc1-7. The summed E-state index contributed by atoms with van der Waals surface area (Å²) in [4.78, 5) is 13.7. The van der Waals surface area contributed by atoms with E-state index in [4.69, 9.17) is 0 Å². The molecule has 0 fully saturated rings. The molecule has 0 aliphatic heterocycles. The van der Waals surface area contributed by atoms with Crippen LogP contribution in [0.1, 0.15) is 15.9 Å². The predicted octanol–water partition coefficient (Wildman–Crippen LogP) is 11.5. The molecule has 10 aromatic carbocycles. The smallest absolute Gasteiger partial charge is 0.194 e. The Balaban J connectivity index is 1.29. The van der Waals surface area contributed by atoms with E-state index in [1.807, 2.05) is 18.2 Å². The Morgan fingerprint density at radius 1 is 0.227 bits per heavy atom. The molecule has 0 heterocycles. The van der Waals surface area contributed by atoms with Crippen molar-refractivity contribution in [3.8, 4) is 33.4 Å². The zero-order valence-electron chi connectivity index (χ0n) is 23.5. The van der Waals surface area contributed by atoms with E-state index in [9.17, 15) is 4.79 Å². The van der Waals surface area contributed by atoms with Crippen LogP contribution in [0.4, 0.5) is 0 Å². The fraction of sp³-hybridized carbons (Fsp3) is 0. The molecule has 1 heteroatoms. The van der Waals surface area contributed by atoms with E-state index in [1.54, 1.807) is 0 Å². The summed E-state index contributed by atoms with van der Waals surface area (Å²) in [7, 11) is 0. The highest BCUT2D eigenvalue weighted by Crippen LogP contribution is 2.54. The van der Waals surface area contributed by atoms with Crippen molar-refractivity contribution in [1.29, 1.82) is 0 Å². The van der Waals surface area contributed by atoms with Crippen molar-refractivity contribution in [2.75, 3.05) is 0 Å². The van der Waals surface area contributed by atoms with Gasteiger partial charge < -0.3 is 0 Å². The number of hydrogen-bond acceptors (Lipinski definition) is 1. The molecule has 0 saturated carbocycles. The van der Waals surface area contributed by atoms with Gasteiger partial charge in [0.1, 0.15) is 0 Å². The highest BCUT2D eigenvalue weighted by atomic mass is 16.1. The zero-order valence-corrected chi connectivity index (χ0v) is 23.5. The maximum absolute atomic E-state index is 13.7. The van der Waals surface area contributed by atoms with Crippen LogP contribution in [0.15, 0.2) is 121 Å². The second-order valence-electron chi connectivity index (χ2n) is 12.6. The fourth-order valence-corrected chi connectivity index (χ4v) is 9.16. The standard InChI is InChI=1S/C43H20O/c44-43-35-8-4-3-7-23(35)26-11-14-33-31-17-15-29-27-12-9-24-21-5-1-2-6-22(21)25-10-13-28(38(27)37(24)25)30-16-18-32(40(31)39(29)30)34-19-20-36(43)42(26)41(33)34/h1-20H. The Bertz CT molecular complexity index is 2870. The average Bonchev–Trinajstić information content (AvgIpc) is 3.41. The monoisotopic (exact) mass is 552 g/mol. The van der Waals surface area contributed by atoms with Crippen LogP contribution in [0.3, 0.4) is 0 Å². The summed E-state index contributed by atoms with van der Waals surface area (Å²) in [6.45, 7) is 0. The Kier molecular flexibility index (Phi) is 3.50. The van der Waals surface area contributed by atoms with Gasteiger partial charge in [-0.05, 0) is 109 Å². The van der Waals surface area contributed by atoms with Crippen molar-refractivity contribution in [2.45, 2.75) is 0 Å². The van der Waals surface area contributed by atoms with Gasteiger partial charge in [-0.1, -0.05) is 115 Å². The molecule has 10 aromatic rings. The minimum Gasteiger partial charge on any atom is -0.289 e. The first-order valence-corrected chi connectivity index (χ1v) is 15.3. The summed E-state index contributed by atoms with van der Waals surface area (Å²) in [5, 5.41) is 17.9. The Labute approximate surface area is 251 Å². The van der Waals surface area contributed by atoms with E-state index in [-0.39, 0.29) is 5.78 Å². The van der Waals surface area contributed by atoms with E-state index >= 15 is 0 Å². The lowest BCUT2D eigenvalue weighted by Gasteiger charge is -2.24. The molecule has 198 valence electrons. The number of carbonyl (C=O) groups excluding carboxylic acids is 1. The molecular formula is C43H20O. The van der Waals surface area contributed by atoms with E-state index in [1.165, 1.54) is 92.3 Å². The highest BCUT2D eigenvalue weighted by Gasteiger charge is 2.29. The molecule has 0 spiro atoms. The van der Waals surface area contributed by atoms with E-state index in [2.05, 4.69) is 103 Å². The maximum Gasteiger partial charge on any atom is 0.194 e.